The van der Waals surface area contributed by atoms with Gasteiger partial charge in [0.1, 0.15) is 0 Å². The first-order valence-electron chi connectivity index (χ1n) is 8.89. The van der Waals surface area contributed by atoms with Crippen molar-refractivity contribution in [3.05, 3.63) is 52.0 Å². The molecule has 8 heteroatoms. The molecule has 0 saturated heterocycles. The van der Waals surface area contributed by atoms with Crippen LogP contribution in [0, 0.1) is 0 Å². The number of benzene rings is 2. The molecule has 29 heavy (non-hydrogen) atoms. The SMILES string of the molecule is COc1cc(C(=O)NCC(C)(C)c2ccc(Br)cc2)cc(OC)c1OCC(N)=O. The summed E-state index contributed by atoms with van der Waals surface area (Å²) in [6.45, 7) is 4.20. The lowest BCUT2D eigenvalue weighted by Crippen LogP contribution is -2.36. The Hall–Kier alpha value is -2.74. The standard InChI is InChI=1S/C21H25BrN2O5/c1-21(2,14-5-7-15(22)8-6-14)12-24-20(26)13-9-16(27-3)19(17(10-13)28-4)29-11-18(23)25/h5-10H,11-12H2,1-4H3,(H2,23,25)(H,24,26). The number of carbonyl (C=O) groups is 2. The second kappa shape index (κ2) is 9.65. The van der Waals surface area contributed by atoms with E-state index in [2.05, 4.69) is 35.1 Å². The van der Waals surface area contributed by atoms with Crippen molar-refractivity contribution in [1.82, 2.24) is 5.32 Å². The van der Waals surface area contributed by atoms with Gasteiger partial charge in [-0.25, -0.2) is 0 Å². The van der Waals surface area contributed by atoms with Crippen molar-refractivity contribution in [1.29, 1.82) is 0 Å². The second-order valence-electron chi connectivity index (χ2n) is 7.04. The highest BCUT2D eigenvalue weighted by Crippen LogP contribution is 2.38. The summed E-state index contributed by atoms with van der Waals surface area (Å²) in [4.78, 5) is 23.8. The molecule has 7 nitrogen and oxygen atoms in total. The second-order valence-corrected chi connectivity index (χ2v) is 7.95. The van der Waals surface area contributed by atoms with E-state index < -0.39 is 5.91 Å². The van der Waals surface area contributed by atoms with Crippen LogP contribution in [-0.4, -0.2) is 39.2 Å². The highest BCUT2D eigenvalue weighted by atomic mass is 79.9. The molecule has 2 aromatic rings. The van der Waals surface area contributed by atoms with E-state index in [4.69, 9.17) is 19.9 Å². The Balaban J connectivity index is 2.19. The summed E-state index contributed by atoms with van der Waals surface area (Å²) in [5, 5.41) is 2.95. The Morgan fingerprint density at radius 2 is 1.62 bits per heavy atom. The van der Waals surface area contributed by atoms with Crippen molar-refractivity contribution in [3.63, 3.8) is 0 Å². The van der Waals surface area contributed by atoms with Crippen LogP contribution in [0.3, 0.4) is 0 Å². The molecule has 0 aliphatic carbocycles. The van der Waals surface area contributed by atoms with Crippen LogP contribution in [0.25, 0.3) is 0 Å². The molecule has 0 radical (unpaired) electrons. The molecule has 3 N–H and O–H groups in total. The van der Waals surface area contributed by atoms with Crippen LogP contribution >= 0.6 is 15.9 Å². The van der Waals surface area contributed by atoms with Crippen LogP contribution in [0.2, 0.25) is 0 Å². The molecule has 0 unspecified atom stereocenters. The van der Waals surface area contributed by atoms with E-state index in [1.54, 1.807) is 0 Å². The van der Waals surface area contributed by atoms with Crippen LogP contribution < -0.4 is 25.3 Å². The average Bonchev–Trinajstić information content (AvgIpc) is 2.70. The van der Waals surface area contributed by atoms with Gasteiger partial charge in [0.05, 0.1) is 14.2 Å². The summed E-state index contributed by atoms with van der Waals surface area (Å²) in [5.74, 6) is -0.175. The van der Waals surface area contributed by atoms with Gasteiger partial charge in [0.25, 0.3) is 11.8 Å². The Bertz CT molecular complexity index is 856. The van der Waals surface area contributed by atoms with Gasteiger partial charge in [-0.15, -0.1) is 0 Å². The van der Waals surface area contributed by atoms with E-state index >= 15 is 0 Å². The Morgan fingerprint density at radius 3 is 2.10 bits per heavy atom. The summed E-state index contributed by atoms with van der Waals surface area (Å²) >= 11 is 3.43. The van der Waals surface area contributed by atoms with E-state index in [0.29, 0.717) is 12.1 Å². The van der Waals surface area contributed by atoms with E-state index in [9.17, 15) is 9.59 Å². The number of primary amides is 1. The zero-order chi connectivity index (χ0) is 21.6. The first-order chi connectivity index (χ1) is 13.7. The number of ether oxygens (including phenoxy) is 3. The van der Waals surface area contributed by atoms with Crippen molar-refractivity contribution in [3.8, 4) is 17.2 Å². The fourth-order valence-corrected chi connectivity index (χ4v) is 2.97. The van der Waals surface area contributed by atoms with Crippen molar-refractivity contribution < 1.29 is 23.8 Å². The largest absolute Gasteiger partial charge is 0.493 e. The molecule has 2 amide bonds. The predicted molar refractivity (Wildman–Crippen MR) is 114 cm³/mol. The summed E-state index contributed by atoms with van der Waals surface area (Å²) in [5.41, 5.74) is 6.30. The monoisotopic (exact) mass is 464 g/mol. The lowest BCUT2D eigenvalue weighted by atomic mass is 9.84. The highest BCUT2D eigenvalue weighted by Gasteiger charge is 2.23. The number of carbonyl (C=O) groups excluding carboxylic acids is 2. The average molecular weight is 465 g/mol. The number of methoxy groups -OCH3 is 2. The molecular weight excluding hydrogens is 440 g/mol. The topological polar surface area (TPSA) is 99.9 Å². The zero-order valence-electron chi connectivity index (χ0n) is 16.9. The van der Waals surface area contributed by atoms with Gasteiger partial charge in [0.15, 0.2) is 18.1 Å². The van der Waals surface area contributed by atoms with E-state index in [0.717, 1.165) is 10.0 Å². The Labute approximate surface area is 178 Å². The Kier molecular flexibility index (Phi) is 7.50. The molecule has 2 aromatic carbocycles. The quantitative estimate of drug-likeness (QED) is 0.593. The number of halogens is 1. The molecule has 156 valence electrons. The lowest BCUT2D eigenvalue weighted by molar-refractivity contribution is -0.120. The number of amides is 2. The third-order valence-electron chi connectivity index (χ3n) is 4.40. The van der Waals surface area contributed by atoms with Crippen LogP contribution in [0.5, 0.6) is 17.2 Å². The number of rotatable bonds is 9. The fraction of sp³-hybridized carbons (Fsp3) is 0.333. The first-order valence-corrected chi connectivity index (χ1v) is 9.68. The first kappa shape index (κ1) is 22.5. The third kappa shape index (κ3) is 5.87. The van der Waals surface area contributed by atoms with Gasteiger partial charge < -0.3 is 25.3 Å². The molecule has 0 aliphatic rings. The maximum atomic E-state index is 12.7. The van der Waals surface area contributed by atoms with Gasteiger partial charge in [-0.05, 0) is 29.8 Å². The third-order valence-corrected chi connectivity index (χ3v) is 4.93. The number of hydrogen-bond acceptors (Lipinski definition) is 5. The van der Waals surface area contributed by atoms with Gasteiger partial charge in [0.2, 0.25) is 5.75 Å². The van der Waals surface area contributed by atoms with Crippen molar-refractivity contribution in [2.45, 2.75) is 19.3 Å². The van der Waals surface area contributed by atoms with Crippen molar-refractivity contribution in [2.24, 2.45) is 5.73 Å². The molecule has 0 fully saturated rings. The number of nitrogens with two attached hydrogens (primary N) is 1. The fourth-order valence-electron chi connectivity index (χ4n) is 2.70. The van der Waals surface area contributed by atoms with E-state index in [1.807, 2.05) is 24.3 Å². The summed E-state index contributed by atoms with van der Waals surface area (Å²) in [7, 11) is 2.87. The number of nitrogens with one attached hydrogen (secondary N) is 1. The molecule has 0 saturated carbocycles. The van der Waals surface area contributed by atoms with Crippen LogP contribution in [0.15, 0.2) is 40.9 Å². The van der Waals surface area contributed by atoms with Crippen LogP contribution in [0.4, 0.5) is 0 Å². The molecule has 2 rings (SSSR count). The minimum absolute atomic E-state index is 0.209. The predicted octanol–water partition coefficient (Wildman–Crippen LogP) is 3.04. The van der Waals surface area contributed by atoms with Gasteiger partial charge in [0, 0.05) is 22.0 Å². The van der Waals surface area contributed by atoms with Gasteiger partial charge in [-0.2, -0.15) is 0 Å². The molecule has 0 aliphatic heterocycles. The van der Waals surface area contributed by atoms with Gasteiger partial charge >= 0.3 is 0 Å². The van der Waals surface area contributed by atoms with Crippen LogP contribution in [-0.2, 0) is 10.2 Å². The molecule has 0 aromatic heterocycles. The lowest BCUT2D eigenvalue weighted by Gasteiger charge is -2.26. The Morgan fingerprint density at radius 1 is 1.07 bits per heavy atom. The van der Waals surface area contributed by atoms with Gasteiger partial charge in [-0.1, -0.05) is 41.9 Å². The van der Waals surface area contributed by atoms with Crippen molar-refractivity contribution >= 4 is 27.7 Å². The smallest absolute Gasteiger partial charge is 0.255 e. The summed E-state index contributed by atoms with van der Waals surface area (Å²) in [6.07, 6.45) is 0. The molecule has 0 spiro atoms. The van der Waals surface area contributed by atoms with Crippen LogP contribution in [0.1, 0.15) is 29.8 Å². The maximum Gasteiger partial charge on any atom is 0.255 e. The van der Waals surface area contributed by atoms with E-state index in [-0.39, 0.29) is 35.2 Å². The zero-order valence-corrected chi connectivity index (χ0v) is 18.5. The summed E-state index contributed by atoms with van der Waals surface area (Å²) in [6, 6.07) is 11.0. The molecular formula is C21H25BrN2O5. The van der Waals surface area contributed by atoms with Crippen molar-refractivity contribution in [2.75, 3.05) is 27.4 Å². The molecule has 0 heterocycles. The minimum Gasteiger partial charge on any atom is -0.493 e. The molecule has 0 bridgehead atoms. The summed E-state index contributed by atoms with van der Waals surface area (Å²) < 4.78 is 17.0. The maximum absolute atomic E-state index is 12.7. The number of hydrogen-bond donors (Lipinski definition) is 2. The highest BCUT2D eigenvalue weighted by molar-refractivity contribution is 9.10. The van der Waals surface area contributed by atoms with E-state index in [1.165, 1.54) is 26.4 Å². The van der Waals surface area contributed by atoms with Gasteiger partial charge in [-0.3, -0.25) is 9.59 Å². The minimum atomic E-state index is -0.633. The normalized spacial score (nSPS) is 10.9. The molecule has 0 atom stereocenters.